The molecule has 1 aliphatic heterocycles. The summed E-state index contributed by atoms with van der Waals surface area (Å²) < 4.78 is 5.34. The Morgan fingerprint density at radius 1 is 1.38 bits per heavy atom. The van der Waals surface area contributed by atoms with E-state index in [1.54, 1.807) is 6.20 Å². The molecule has 0 saturated carbocycles. The average Bonchev–Trinajstić information content (AvgIpc) is 2.47. The number of carbonyl (C=O) groups is 1. The highest BCUT2D eigenvalue weighted by atomic mass is 16.6. The highest BCUT2D eigenvalue weighted by Gasteiger charge is 2.29. The summed E-state index contributed by atoms with van der Waals surface area (Å²) in [4.78, 5) is 23.1. The van der Waals surface area contributed by atoms with Gasteiger partial charge < -0.3 is 10.1 Å². The summed E-state index contributed by atoms with van der Waals surface area (Å²) in [5, 5.41) is 2.93. The molecule has 1 fully saturated rings. The molecule has 0 radical (unpaired) electrons. The van der Waals surface area contributed by atoms with Gasteiger partial charge in [0.05, 0.1) is 11.4 Å². The van der Waals surface area contributed by atoms with E-state index in [4.69, 9.17) is 4.74 Å². The van der Waals surface area contributed by atoms with Crippen molar-refractivity contribution in [3.05, 3.63) is 23.8 Å². The molecule has 6 nitrogen and oxygen atoms in total. The molecule has 2 atom stereocenters. The van der Waals surface area contributed by atoms with Crippen molar-refractivity contribution >= 4 is 6.09 Å². The van der Waals surface area contributed by atoms with E-state index in [0.717, 1.165) is 24.5 Å². The molecule has 0 aromatic carbocycles. The van der Waals surface area contributed by atoms with Crippen LogP contribution < -0.4 is 5.32 Å². The number of rotatable bonds is 4. The zero-order chi connectivity index (χ0) is 17.7. The van der Waals surface area contributed by atoms with Gasteiger partial charge in [-0.1, -0.05) is 6.92 Å². The molecule has 0 bridgehead atoms. The number of carbonyl (C=O) groups excluding carboxylic acids is 1. The molecule has 1 amide bonds. The molecule has 1 N–H and O–H groups in total. The molecule has 0 spiro atoms. The number of hydrogen-bond donors (Lipinski definition) is 1. The predicted octanol–water partition coefficient (Wildman–Crippen LogP) is 2.91. The van der Waals surface area contributed by atoms with Gasteiger partial charge in [0.15, 0.2) is 0 Å². The number of ether oxygens (including phenoxy) is 1. The maximum Gasteiger partial charge on any atom is 0.407 e. The first-order chi connectivity index (χ1) is 11.2. The minimum atomic E-state index is -0.473. The third kappa shape index (κ3) is 5.74. The van der Waals surface area contributed by atoms with Crippen LogP contribution in [0.25, 0.3) is 0 Å². The number of alkyl carbamates (subject to hydrolysis) is 1. The zero-order valence-corrected chi connectivity index (χ0v) is 15.5. The quantitative estimate of drug-likeness (QED) is 0.917. The van der Waals surface area contributed by atoms with Gasteiger partial charge >= 0.3 is 6.09 Å². The molecule has 2 rings (SSSR count). The molecule has 0 unspecified atom stereocenters. The van der Waals surface area contributed by atoms with Crippen LogP contribution in [0.1, 0.15) is 51.9 Å². The van der Waals surface area contributed by atoms with Crippen LogP contribution in [-0.4, -0.2) is 45.7 Å². The van der Waals surface area contributed by atoms with Crippen LogP contribution in [-0.2, 0) is 11.3 Å². The van der Waals surface area contributed by atoms with Crippen molar-refractivity contribution < 1.29 is 9.53 Å². The third-order valence-electron chi connectivity index (χ3n) is 4.28. The summed E-state index contributed by atoms with van der Waals surface area (Å²) in [7, 11) is 0. The van der Waals surface area contributed by atoms with Gasteiger partial charge in [0, 0.05) is 31.5 Å². The lowest BCUT2D eigenvalue weighted by atomic mass is 9.90. The van der Waals surface area contributed by atoms with E-state index in [-0.39, 0.29) is 12.1 Å². The molecule has 1 aliphatic rings. The number of piperidine rings is 1. The van der Waals surface area contributed by atoms with Crippen LogP contribution in [0.4, 0.5) is 4.79 Å². The zero-order valence-electron chi connectivity index (χ0n) is 15.5. The van der Waals surface area contributed by atoms with Crippen molar-refractivity contribution in [2.24, 2.45) is 5.92 Å². The number of aromatic nitrogens is 2. The van der Waals surface area contributed by atoms with E-state index in [2.05, 4.69) is 27.1 Å². The first kappa shape index (κ1) is 18.6. The van der Waals surface area contributed by atoms with Crippen molar-refractivity contribution in [3.63, 3.8) is 0 Å². The van der Waals surface area contributed by atoms with Gasteiger partial charge in [-0.2, -0.15) is 0 Å². The Morgan fingerprint density at radius 3 is 2.75 bits per heavy atom. The van der Waals surface area contributed by atoms with Crippen molar-refractivity contribution in [2.45, 2.75) is 65.6 Å². The molecule has 24 heavy (non-hydrogen) atoms. The Balaban J connectivity index is 1.95. The van der Waals surface area contributed by atoms with E-state index in [0.29, 0.717) is 12.5 Å². The monoisotopic (exact) mass is 334 g/mol. The third-order valence-corrected chi connectivity index (χ3v) is 4.28. The van der Waals surface area contributed by atoms with Gasteiger partial charge in [0.2, 0.25) is 0 Å². The highest BCUT2D eigenvalue weighted by Crippen LogP contribution is 2.24. The van der Waals surface area contributed by atoms with Gasteiger partial charge in [0.1, 0.15) is 5.60 Å². The first-order valence-electron chi connectivity index (χ1n) is 8.73. The molecule has 1 aromatic heterocycles. The summed E-state index contributed by atoms with van der Waals surface area (Å²) in [6, 6.07) is 0.286. The van der Waals surface area contributed by atoms with E-state index in [1.807, 2.05) is 33.9 Å². The standard InChI is InChI=1S/C18H30N4O2/c1-13-7-6-8-22(12-15-10-19-14(2)9-20-15)16(13)11-21-17(23)24-18(3,4)5/h9-10,13,16H,6-8,11-12H2,1-5H3,(H,21,23)/t13-,16+/m0/s1. The Labute approximate surface area is 145 Å². The summed E-state index contributed by atoms with van der Waals surface area (Å²) in [6.07, 6.45) is 5.64. The van der Waals surface area contributed by atoms with Crippen molar-refractivity contribution in [3.8, 4) is 0 Å². The van der Waals surface area contributed by atoms with Crippen molar-refractivity contribution in [2.75, 3.05) is 13.1 Å². The van der Waals surface area contributed by atoms with Crippen LogP contribution in [0, 0.1) is 12.8 Å². The Hall–Kier alpha value is -1.69. The van der Waals surface area contributed by atoms with Crippen LogP contribution in [0.15, 0.2) is 12.4 Å². The number of aryl methyl sites for hydroxylation is 1. The summed E-state index contributed by atoms with van der Waals surface area (Å²) in [6.45, 7) is 12.2. The Kier molecular flexibility index (Phi) is 6.15. The first-order valence-corrected chi connectivity index (χ1v) is 8.73. The van der Waals surface area contributed by atoms with Crippen LogP contribution in [0.3, 0.4) is 0 Å². The minimum absolute atomic E-state index is 0.286. The largest absolute Gasteiger partial charge is 0.444 e. The van der Waals surface area contributed by atoms with Gasteiger partial charge in [-0.05, 0) is 53.0 Å². The number of nitrogens with one attached hydrogen (secondary N) is 1. The Morgan fingerprint density at radius 2 is 2.12 bits per heavy atom. The number of nitrogens with zero attached hydrogens (tertiary/aromatic N) is 3. The molecule has 0 aliphatic carbocycles. The van der Waals surface area contributed by atoms with Crippen molar-refractivity contribution in [1.82, 2.24) is 20.2 Å². The molecule has 6 heteroatoms. The summed E-state index contributed by atoms with van der Waals surface area (Å²) >= 11 is 0. The topological polar surface area (TPSA) is 67.4 Å². The fourth-order valence-corrected chi connectivity index (χ4v) is 3.07. The van der Waals surface area contributed by atoms with Gasteiger partial charge in [0.25, 0.3) is 0 Å². The van der Waals surface area contributed by atoms with Crippen LogP contribution >= 0.6 is 0 Å². The SMILES string of the molecule is Cc1cnc(CN2CCC[C@H](C)[C@H]2CNC(=O)OC(C)(C)C)cn1. The average molecular weight is 334 g/mol. The molecular formula is C18H30N4O2. The maximum absolute atomic E-state index is 11.9. The van der Waals surface area contributed by atoms with Crippen LogP contribution in [0.5, 0.6) is 0 Å². The Bertz CT molecular complexity index is 539. The van der Waals surface area contributed by atoms with E-state index >= 15 is 0 Å². The molecule has 1 aromatic rings. The van der Waals surface area contributed by atoms with Gasteiger partial charge in [-0.3, -0.25) is 14.9 Å². The summed E-state index contributed by atoms with van der Waals surface area (Å²) in [5.74, 6) is 0.520. The fraction of sp³-hybridized carbons (Fsp3) is 0.722. The molecule has 1 saturated heterocycles. The number of hydrogen-bond acceptors (Lipinski definition) is 5. The smallest absolute Gasteiger partial charge is 0.407 e. The summed E-state index contributed by atoms with van der Waals surface area (Å²) in [5.41, 5.74) is 1.42. The predicted molar refractivity (Wildman–Crippen MR) is 93.6 cm³/mol. The second kappa shape index (κ2) is 7.92. The van der Waals surface area contributed by atoms with Gasteiger partial charge in [-0.15, -0.1) is 0 Å². The second-order valence-corrected chi connectivity index (χ2v) is 7.69. The van der Waals surface area contributed by atoms with Crippen LogP contribution in [0.2, 0.25) is 0 Å². The minimum Gasteiger partial charge on any atom is -0.444 e. The highest BCUT2D eigenvalue weighted by molar-refractivity contribution is 5.67. The van der Waals surface area contributed by atoms with Gasteiger partial charge in [-0.25, -0.2) is 4.79 Å². The van der Waals surface area contributed by atoms with Crippen molar-refractivity contribution in [1.29, 1.82) is 0 Å². The van der Waals surface area contributed by atoms with E-state index in [1.165, 1.54) is 12.8 Å². The van der Waals surface area contributed by atoms with E-state index < -0.39 is 5.60 Å². The fourth-order valence-electron chi connectivity index (χ4n) is 3.07. The van der Waals surface area contributed by atoms with E-state index in [9.17, 15) is 4.79 Å². The number of likely N-dealkylation sites (tertiary alicyclic amines) is 1. The maximum atomic E-state index is 11.9. The lowest BCUT2D eigenvalue weighted by Crippen LogP contribution is -2.50. The molecule has 134 valence electrons. The lowest BCUT2D eigenvalue weighted by molar-refractivity contribution is 0.0455. The second-order valence-electron chi connectivity index (χ2n) is 7.69. The normalized spacial score (nSPS) is 22.2. The number of amides is 1. The molecule has 2 heterocycles. The lowest BCUT2D eigenvalue weighted by Gasteiger charge is -2.40. The molecular weight excluding hydrogens is 304 g/mol.